The molecule has 1 aliphatic rings. The second-order valence-electron chi connectivity index (χ2n) is 7.97. The predicted octanol–water partition coefficient (Wildman–Crippen LogP) is 4.66. The van der Waals surface area contributed by atoms with Crippen molar-refractivity contribution >= 4 is 20.0 Å². The third-order valence-corrected chi connectivity index (χ3v) is 8.40. The molecule has 1 heterocycles. The van der Waals surface area contributed by atoms with Gasteiger partial charge in [0.15, 0.2) is 0 Å². The molecule has 0 aromatic heterocycles. The van der Waals surface area contributed by atoms with Gasteiger partial charge < -0.3 is 10.1 Å². The van der Waals surface area contributed by atoms with Crippen molar-refractivity contribution in [1.82, 2.24) is 5.32 Å². The predicted molar refractivity (Wildman–Crippen MR) is 102 cm³/mol. The molecule has 0 bridgehead atoms. The second kappa shape index (κ2) is 11.7. The van der Waals surface area contributed by atoms with Crippen LogP contribution in [0.15, 0.2) is 0 Å². The molecule has 24 heavy (non-hydrogen) atoms. The van der Waals surface area contributed by atoms with Gasteiger partial charge in [-0.3, -0.25) is 4.79 Å². The van der Waals surface area contributed by atoms with Gasteiger partial charge >= 0.3 is 5.97 Å². The average molecular weight is 356 g/mol. The Morgan fingerprint density at radius 3 is 2.33 bits per heavy atom. The quantitative estimate of drug-likeness (QED) is 0.297. The zero-order valence-electron chi connectivity index (χ0n) is 16.0. The number of esters is 1. The molecule has 0 aromatic rings. The first-order valence-electron chi connectivity index (χ1n) is 9.90. The molecular formula is C19H37NO3Si. The van der Waals surface area contributed by atoms with E-state index < -0.39 is 14.1 Å². The van der Waals surface area contributed by atoms with Crippen LogP contribution in [0.3, 0.4) is 0 Å². The SMILES string of the molecule is CCCCCCCC[Si](C)(C)CCCCC(=O)NC1CCOC1=O. The second-order valence-corrected chi connectivity index (χ2v) is 13.3. The number of hydrogen-bond donors (Lipinski definition) is 1. The summed E-state index contributed by atoms with van der Waals surface area (Å²) in [5, 5.41) is 2.78. The van der Waals surface area contributed by atoms with Crippen LogP contribution >= 0.6 is 0 Å². The number of ether oxygens (including phenoxy) is 1. The first-order valence-corrected chi connectivity index (χ1v) is 13.3. The highest BCUT2D eigenvalue weighted by atomic mass is 28.3. The van der Waals surface area contributed by atoms with Gasteiger partial charge in [0, 0.05) is 20.9 Å². The van der Waals surface area contributed by atoms with Crippen molar-refractivity contribution in [2.75, 3.05) is 6.61 Å². The summed E-state index contributed by atoms with van der Waals surface area (Å²) in [7, 11) is -1.10. The normalized spacial score (nSPS) is 17.8. The fraction of sp³-hybridized carbons (Fsp3) is 0.895. The summed E-state index contributed by atoms with van der Waals surface area (Å²) >= 11 is 0. The molecule has 0 spiro atoms. The van der Waals surface area contributed by atoms with Crippen molar-refractivity contribution in [2.45, 2.75) is 102 Å². The van der Waals surface area contributed by atoms with Crippen LogP contribution in [0.5, 0.6) is 0 Å². The molecule has 1 saturated heterocycles. The molecule has 0 aromatic carbocycles. The Kier molecular flexibility index (Phi) is 10.3. The third kappa shape index (κ3) is 9.45. The van der Waals surface area contributed by atoms with E-state index in [9.17, 15) is 9.59 Å². The van der Waals surface area contributed by atoms with Crippen LogP contribution in [0.1, 0.15) is 71.1 Å². The fourth-order valence-corrected chi connectivity index (χ4v) is 5.96. The molecule has 0 radical (unpaired) electrons. The maximum absolute atomic E-state index is 11.9. The van der Waals surface area contributed by atoms with Crippen LogP contribution in [0.25, 0.3) is 0 Å². The summed E-state index contributed by atoms with van der Waals surface area (Å²) in [4.78, 5) is 23.2. The lowest BCUT2D eigenvalue weighted by Gasteiger charge is -2.22. The highest BCUT2D eigenvalue weighted by molar-refractivity contribution is 6.77. The molecular weight excluding hydrogens is 318 g/mol. The van der Waals surface area contributed by atoms with Gasteiger partial charge in [-0.15, -0.1) is 0 Å². The van der Waals surface area contributed by atoms with Gasteiger partial charge in [0.1, 0.15) is 6.04 Å². The minimum atomic E-state index is -1.10. The first-order chi connectivity index (χ1) is 11.4. The van der Waals surface area contributed by atoms with Gasteiger partial charge in [0.2, 0.25) is 5.91 Å². The van der Waals surface area contributed by atoms with Crippen molar-refractivity contribution in [2.24, 2.45) is 0 Å². The van der Waals surface area contributed by atoms with E-state index in [4.69, 9.17) is 4.74 Å². The van der Waals surface area contributed by atoms with Crippen LogP contribution < -0.4 is 5.32 Å². The Morgan fingerprint density at radius 1 is 1.08 bits per heavy atom. The average Bonchev–Trinajstić information content (AvgIpc) is 2.92. The number of hydrogen-bond acceptors (Lipinski definition) is 3. The lowest BCUT2D eigenvalue weighted by atomic mass is 10.1. The number of carbonyl (C=O) groups is 2. The van der Waals surface area contributed by atoms with Crippen LogP contribution in [0.2, 0.25) is 25.2 Å². The van der Waals surface area contributed by atoms with Crippen molar-refractivity contribution < 1.29 is 14.3 Å². The van der Waals surface area contributed by atoms with Crippen LogP contribution in [0.4, 0.5) is 0 Å². The van der Waals surface area contributed by atoms with E-state index in [0.717, 1.165) is 12.8 Å². The van der Waals surface area contributed by atoms with E-state index in [0.29, 0.717) is 19.4 Å². The molecule has 4 nitrogen and oxygen atoms in total. The molecule has 1 amide bonds. The number of carbonyl (C=O) groups excluding carboxylic acids is 2. The van der Waals surface area contributed by atoms with Gasteiger partial charge in [-0.05, 0) is 6.42 Å². The Morgan fingerprint density at radius 2 is 1.71 bits per heavy atom. The zero-order chi connectivity index (χ0) is 17.8. The molecule has 0 saturated carbocycles. The summed E-state index contributed by atoms with van der Waals surface area (Å²) in [6, 6.07) is 2.32. The lowest BCUT2D eigenvalue weighted by Crippen LogP contribution is -2.37. The Labute approximate surface area is 149 Å². The summed E-state index contributed by atoms with van der Waals surface area (Å²) in [6.07, 6.45) is 11.5. The van der Waals surface area contributed by atoms with Gasteiger partial charge in [-0.25, -0.2) is 4.79 Å². The number of nitrogens with one attached hydrogen (secondary N) is 1. The van der Waals surface area contributed by atoms with E-state index >= 15 is 0 Å². The smallest absolute Gasteiger partial charge is 0.328 e. The molecule has 0 aliphatic carbocycles. The van der Waals surface area contributed by atoms with Crippen LogP contribution in [-0.2, 0) is 14.3 Å². The molecule has 1 aliphatic heterocycles. The van der Waals surface area contributed by atoms with Gasteiger partial charge in [-0.1, -0.05) is 77.1 Å². The number of cyclic esters (lactones) is 1. The topological polar surface area (TPSA) is 55.4 Å². The van der Waals surface area contributed by atoms with Crippen molar-refractivity contribution in [1.29, 1.82) is 0 Å². The highest BCUT2D eigenvalue weighted by Gasteiger charge is 2.27. The van der Waals surface area contributed by atoms with Gasteiger partial charge in [-0.2, -0.15) is 0 Å². The lowest BCUT2D eigenvalue weighted by molar-refractivity contribution is -0.141. The molecule has 5 heteroatoms. The van der Waals surface area contributed by atoms with E-state index in [2.05, 4.69) is 25.3 Å². The molecule has 1 fully saturated rings. The zero-order valence-corrected chi connectivity index (χ0v) is 17.0. The number of unbranched alkanes of at least 4 members (excludes halogenated alkanes) is 6. The molecule has 140 valence electrons. The van der Waals surface area contributed by atoms with Gasteiger partial charge in [0.05, 0.1) is 6.61 Å². The molecule has 1 rings (SSSR count). The summed E-state index contributed by atoms with van der Waals surface area (Å²) in [5.74, 6) is -0.287. The standard InChI is InChI=1S/C19H37NO3Si/c1-4-5-6-7-8-10-15-24(2,3)16-11-9-12-18(21)20-17-13-14-23-19(17)22/h17H,4-16H2,1-3H3,(H,20,21). The summed E-state index contributed by atoms with van der Waals surface area (Å²) in [6.45, 7) is 7.65. The van der Waals surface area contributed by atoms with Crippen molar-refractivity contribution in [3.05, 3.63) is 0 Å². The van der Waals surface area contributed by atoms with E-state index in [1.165, 1.54) is 50.6 Å². The largest absolute Gasteiger partial charge is 0.464 e. The Hall–Kier alpha value is -0.843. The van der Waals surface area contributed by atoms with E-state index in [1.807, 2.05) is 0 Å². The molecule has 1 atom stereocenters. The van der Waals surface area contributed by atoms with Crippen molar-refractivity contribution in [3.63, 3.8) is 0 Å². The summed E-state index contributed by atoms with van der Waals surface area (Å²) < 4.78 is 4.86. The Bertz CT molecular complexity index is 385. The first kappa shape index (κ1) is 21.2. The Balaban J connectivity index is 2.03. The van der Waals surface area contributed by atoms with E-state index in [1.54, 1.807) is 0 Å². The fourth-order valence-electron chi connectivity index (χ4n) is 3.29. The maximum atomic E-state index is 11.9. The molecule has 1 N–H and O–H groups in total. The number of rotatable bonds is 13. The van der Waals surface area contributed by atoms with Crippen molar-refractivity contribution in [3.8, 4) is 0 Å². The monoisotopic (exact) mass is 355 g/mol. The number of amides is 1. The third-order valence-electron chi connectivity index (χ3n) is 4.99. The van der Waals surface area contributed by atoms with E-state index in [-0.39, 0.29) is 11.9 Å². The molecule has 1 unspecified atom stereocenters. The minimum absolute atomic E-state index is 0.00533. The minimum Gasteiger partial charge on any atom is -0.464 e. The van der Waals surface area contributed by atoms with Crippen LogP contribution in [-0.4, -0.2) is 32.6 Å². The maximum Gasteiger partial charge on any atom is 0.328 e. The van der Waals surface area contributed by atoms with Gasteiger partial charge in [0.25, 0.3) is 0 Å². The van der Waals surface area contributed by atoms with Crippen LogP contribution in [0, 0.1) is 0 Å². The highest BCUT2D eigenvalue weighted by Crippen LogP contribution is 2.23. The summed E-state index contributed by atoms with van der Waals surface area (Å²) in [5.41, 5.74) is 0.